The maximum absolute atomic E-state index is 13.5. The summed E-state index contributed by atoms with van der Waals surface area (Å²) in [6.07, 6.45) is 22.8. The molecule has 0 aromatic rings. The van der Waals surface area contributed by atoms with Gasteiger partial charge in [-0.2, -0.15) is 0 Å². The lowest BCUT2D eigenvalue weighted by Crippen LogP contribution is -2.46. The highest BCUT2D eigenvalue weighted by Gasteiger charge is 2.42. The van der Waals surface area contributed by atoms with Crippen LogP contribution >= 0.6 is 0 Å². The molecule has 2 rings (SSSR count). The predicted molar refractivity (Wildman–Crippen MR) is 225 cm³/mol. The second-order valence-corrected chi connectivity index (χ2v) is 18.3. The molecule has 2 saturated carbocycles. The first kappa shape index (κ1) is 49.6. The zero-order chi connectivity index (χ0) is 41.7. The molecule has 0 bridgehead atoms. The normalized spacial score (nSPS) is 16.9. The van der Waals surface area contributed by atoms with E-state index in [-0.39, 0.29) is 5.92 Å². The SMILES string of the molecule is CCCCCCCCCN(C(=O)OC(C)(C)CC)C(=O)OC(C)(C)C(C)CCCCCCCCCN(C(=O)OC1(CC)CCCC1)C(=O)OC1(CC)CCCC1. The number of nitrogens with zero attached hydrogens (tertiary/aromatic N) is 2. The Morgan fingerprint density at radius 3 is 1.32 bits per heavy atom. The Labute approximate surface area is 342 Å². The van der Waals surface area contributed by atoms with E-state index in [4.69, 9.17) is 18.9 Å². The van der Waals surface area contributed by atoms with Gasteiger partial charge in [-0.25, -0.2) is 29.0 Å². The number of imide groups is 2. The molecule has 1 unspecified atom stereocenters. The number of unbranched alkanes of at least 4 members (excludes halogenated alkanes) is 12. The van der Waals surface area contributed by atoms with Crippen molar-refractivity contribution in [1.82, 2.24) is 9.80 Å². The number of ether oxygens (including phenoxy) is 4. The van der Waals surface area contributed by atoms with E-state index in [1.807, 2.05) is 34.6 Å². The van der Waals surface area contributed by atoms with Crippen LogP contribution in [0, 0.1) is 5.92 Å². The highest BCUT2D eigenvalue weighted by atomic mass is 16.6. The molecule has 0 saturated heterocycles. The van der Waals surface area contributed by atoms with Crippen LogP contribution in [0.25, 0.3) is 0 Å². The van der Waals surface area contributed by atoms with E-state index in [1.165, 1.54) is 30.6 Å². The van der Waals surface area contributed by atoms with Crippen molar-refractivity contribution in [3.05, 3.63) is 0 Å². The number of rotatable bonds is 26. The summed E-state index contributed by atoms with van der Waals surface area (Å²) in [4.78, 5) is 56.0. The summed E-state index contributed by atoms with van der Waals surface area (Å²) in [6, 6.07) is 0. The van der Waals surface area contributed by atoms with Gasteiger partial charge >= 0.3 is 24.4 Å². The van der Waals surface area contributed by atoms with Crippen molar-refractivity contribution in [3.8, 4) is 0 Å². The molecule has 2 aliphatic carbocycles. The maximum Gasteiger partial charge on any atom is 0.419 e. The third-order valence-corrected chi connectivity index (χ3v) is 13.1. The minimum Gasteiger partial charge on any atom is -0.443 e. The van der Waals surface area contributed by atoms with Gasteiger partial charge in [0, 0.05) is 13.1 Å². The van der Waals surface area contributed by atoms with Crippen LogP contribution in [0.2, 0.25) is 0 Å². The molecule has 326 valence electrons. The average Bonchev–Trinajstić information content (AvgIpc) is 3.83. The lowest BCUT2D eigenvalue weighted by atomic mass is 9.87. The van der Waals surface area contributed by atoms with Crippen LogP contribution in [0.15, 0.2) is 0 Å². The van der Waals surface area contributed by atoms with Crippen molar-refractivity contribution >= 4 is 24.4 Å². The van der Waals surface area contributed by atoms with Crippen LogP contribution in [0.1, 0.15) is 229 Å². The van der Waals surface area contributed by atoms with E-state index < -0.39 is 46.8 Å². The van der Waals surface area contributed by atoms with Crippen molar-refractivity contribution < 1.29 is 38.1 Å². The fourth-order valence-corrected chi connectivity index (χ4v) is 8.01. The smallest absolute Gasteiger partial charge is 0.419 e. The second-order valence-electron chi connectivity index (χ2n) is 18.3. The molecule has 0 spiro atoms. The van der Waals surface area contributed by atoms with E-state index in [9.17, 15) is 19.2 Å². The average molecular weight is 793 g/mol. The monoisotopic (exact) mass is 793 g/mol. The van der Waals surface area contributed by atoms with Crippen LogP contribution in [0.4, 0.5) is 19.2 Å². The number of hydrogen-bond donors (Lipinski definition) is 0. The first-order chi connectivity index (χ1) is 26.6. The Kier molecular flexibility index (Phi) is 22.2. The molecule has 2 aliphatic rings. The molecule has 4 amide bonds. The summed E-state index contributed by atoms with van der Waals surface area (Å²) in [5.41, 5.74) is -2.34. The Morgan fingerprint density at radius 2 is 0.911 bits per heavy atom. The van der Waals surface area contributed by atoms with Gasteiger partial charge < -0.3 is 18.9 Å². The van der Waals surface area contributed by atoms with Gasteiger partial charge in [0.1, 0.15) is 22.4 Å². The predicted octanol–water partition coefficient (Wildman–Crippen LogP) is 14.1. The Bertz CT molecular complexity index is 1120. The third-order valence-electron chi connectivity index (χ3n) is 13.1. The second kappa shape index (κ2) is 25.1. The summed E-state index contributed by atoms with van der Waals surface area (Å²) in [5.74, 6) is 0.104. The van der Waals surface area contributed by atoms with Gasteiger partial charge in [0.05, 0.1) is 0 Å². The topological polar surface area (TPSA) is 112 Å². The molecule has 0 heterocycles. The molecule has 0 aliphatic heterocycles. The molecule has 10 nitrogen and oxygen atoms in total. The van der Waals surface area contributed by atoms with E-state index in [1.54, 1.807) is 0 Å². The van der Waals surface area contributed by atoms with Crippen LogP contribution in [-0.2, 0) is 18.9 Å². The van der Waals surface area contributed by atoms with E-state index >= 15 is 0 Å². The van der Waals surface area contributed by atoms with E-state index in [2.05, 4.69) is 27.7 Å². The number of hydrogen-bond acceptors (Lipinski definition) is 8. The van der Waals surface area contributed by atoms with E-state index in [0.717, 1.165) is 140 Å². The molecular formula is C46H84N2O8. The summed E-state index contributed by atoms with van der Waals surface area (Å²) >= 11 is 0. The van der Waals surface area contributed by atoms with Crippen LogP contribution in [-0.4, -0.2) is 69.7 Å². The van der Waals surface area contributed by atoms with Crippen molar-refractivity contribution in [2.75, 3.05) is 13.1 Å². The molecular weight excluding hydrogens is 709 g/mol. The Morgan fingerprint density at radius 1 is 0.536 bits per heavy atom. The molecule has 1 atom stereocenters. The lowest BCUT2D eigenvalue weighted by Gasteiger charge is -2.34. The van der Waals surface area contributed by atoms with Crippen molar-refractivity contribution in [3.63, 3.8) is 0 Å². The number of carbonyl (C=O) groups excluding carboxylic acids is 4. The molecule has 10 heteroatoms. The van der Waals surface area contributed by atoms with Crippen LogP contribution < -0.4 is 0 Å². The summed E-state index contributed by atoms with van der Waals surface area (Å²) in [7, 11) is 0. The summed E-state index contributed by atoms with van der Waals surface area (Å²) < 4.78 is 23.9. The number of amides is 4. The van der Waals surface area contributed by atoms with Crippen LogP contribution in [0.5, 0.6) is 0 Å². The molecule has 56 heavy (non-hydrogen) atoms. The first-order valence-corrected chi connectivity index (χ1v) is 23.1. The summed E-state index contributed by atoms with van der Waals surface area (Å²) in [6.45, 7) is 18.6. The summed E-state index contributed by atoms with van der Waals surface area (Å²) in [5, 5.41) is 0. The highest BCUT2D eigenvalue weighted by molar-refractivity contribution is 5.88. The first-order valence-electron chi connectivity index (χ1n) is 23.1. The quantitative estimate of drug-likeness (QED) is 0.0629. The molecule has 2 fully saturated rings. The van der Waals surface area contributed by atoms with Crippen molar-refractivity contribution in [2.45, 2.75) is 252 Å². The van der Waals surface area contributed by atoms with Crippen LogP contribution in [0.3, 0.4) is 0 Å². The minimum absolute atomic E-state index is 0.104. The fraction of sp³-hybridized carbons (Fsp3) is 0.913. The van der Waals surface area contributed by atoms with Gasteiger partial charge in [-0.05, 0) is 124 Å². The van der Waals surface area contributed by atoms with Gasteiger partial charge in [0.2, 0.25) is 0 Å². The van der Waals surface area contributed by atoms with Gasteiger partial charge in [-0.1, -0.05) is 112 Å². The van der Waals surface area contributed by atoms with Gasteiger partial charge in [-0.15, -0.1) is 0 Å². The fourth-order valence-electron chi connectivity index (χ4n) is 8.01. The standard InChI is InChI=1S/C46H84N2O8/c1-10-14-15-16-19-22-29-36-47(39(49)53-43(6,7)11-2)40(50)54-44(8,9)38(5)31-24-21-18-17-20-23-30-37-48(41(51)55-45(12-3)32-25-26-33-45)42(52)56-46(13-4)34-27-28-35-46/h38H,10-37H2,1-9H3. The third kappa shape index (κ3) is 17.1. The number of carbonyl (C=O) groups is 4. The minimum atomic E-state index is -0.743. The highest BCUT2D eigenvalue weighted by Crippen LogP contribution is 2.38. The molecule has 0 aromatic carbocycles. The van der Waals surface area contributed by atoms with Crippen molar-refractivity contribution in [1.29, 1.82) is 0 Å². The molecule has 0 aromatic heterocycles. The Balaban J connectivity index is 1.80. The van der Waals surface area contributed by atoms with E-state index in [0.29, 0.717) is 19.5 Å². The van der Waals surface area contributed by atoms with Gasteiger partial charge in [0.25, 0.3) is 0 Å². The Hall–Kier alpha value is -2.52. The lowest BCUT2D eigenvalue weighted by molar-refractivity contribution is -0.0322. The van der Waals surface area contributed by atoms with Gasteiger partial charge in [-0.3, -0.25) is 0 Å². The molecule has 0 radical (unpaired) electrons. The zero-order valence-electron chi connectivity index (χ0n) is 37.5. The zero-order valence-corrected chi connectivity index (χ0v) is 37.5. The van der Waals surface area contributed by atoms with Gasteiger partial charge in [0.15, 0.2) is 0 Å². The molecule has 0 N–H and O–H groups in total. The largest absolute Gasteiger partial charge is 0.443 e. The van der Waals surface area contributed by atoms with Crippen molar-refractivity contribution in [2.24, 2.45) is 5.92 Å². The maximum atomic E-state index is 13.5.